The van der Waals surface area contributed by atoms with E-state index >= 15 is 0 Å². The predicted octanol–water partition coefficient (Wildman–Crippen LogP) is 2.55. The van der Waals surface area contributed by atoms with Gasteiger partial charge in [-0.3, -0.25) is 0 Å². The van der Waals surface area contributed by atoms with Crippen LogP contribution in [0.1, 0.15) is 11.5 Å². The van der Waals surface area contributed by atoms with Crippen molar-refractivity contribution in [3.63, 3.8) is 0 Å². The molecule has 0 aliphatic rings. The molecule has 1 N–H and O–H groups in total. The van der Waals surface area contributed by atoms with Crippen LogP contribution in [-0.2, 0) is 6.42 Å². The van der Waals surface area contributed by atoms with Crippen LogP contribution >= 0.6 is 0 Å². The number of benzene rings is 1. The van der Waals surface area contributed by atoms with Crippen molar-refractivity contribution < 1.29 is 8.81 Å². The summed E-state index contributed by atoms with van der Waals surface area (Å²) in [6, 6.07) is 5.04. The maximum absolute atomic E-state index is 13.4. The van der Waals surface area contributed by atoms with Gasteiger partial charge < -0.3 is 9.73 Å². The van der Waals surface area contributed by atoms with Crippen molar-refractivity contribution in [3.8, 4) is 11.3 Å². The second-order valence-electron chi connectivity index (χ2n) is 3.94. The van der Waals surface area contributed by atoms with E-state index in [1.165, 1.54) is 6.07 Å². The van der Waals surface area contributed by atoms with Crippen LogP contribution in [-0.4, -0.2) is 18.6 Å². The second kappa shape index (κ2) is 5.10. The molecule has 1 aromatic carbocycles. The summed E-state index contributed by atoms with van der Waals surface area (Å²) in [6.07, 6.45) is 2.36. The van der Waals surface area contributed by atoms with Gasteiger partial charge in [0.25, 0.3) is 0 Å². The van der Waals surface area contributed by atoms with Crippen molar-refractivity contribution in [2.75, 3.05) is 13.6 Å². The molecule has 3 nitrogen and oxygen atoms in total. The minimum absolute atomic E-state index is 0.226. The molecule has 0 bridgehead atoms. The first-order chi connectivity index (χ1) is 8.20. The molecule has 90 valence electrons. The first-order valence-corrected chi connectivity index (χ1v) is 5.56. The summed E-state index contributed by atoms with van der Waals surface area (Å²) in [4.78, 5) is 4.15. The molecule has 2 rings (SSSR count). The van der Waals surface area contributed by atoms with Gasteiger partial charge in [-0.05, 0) is 25.6 Å². The molecule has 4 heteroatoms. The maximum Gasteiger partial charge on any atom is 0.196 e. The second-order valence-corrected chi connectivity index (χ2v) is 3.94. The zero-order valence-corrected chi connectivity index (χ0v) is 9.96. The van der Waals surface area contributed by atoms with E-state index in [4.69, 9.17) is 4.42 Å². The average molecular weight is 234 g/mol. The van der Waals surface area contributed by atoms with Gasteiger partial charge in [0.1, 0.15) is 5.82 Å². The molecule has 0 fully saturated rings. The highest BCUT2D eigenvalue weighted by atomic mass is 19.1. The largest absolute Gasteiger partial charge is 0.441 e. The van der Waals surface area contributed by atoms with Crippen LogP contribution in [0.5, 0.6) is 0 Å². The Balaban J connectivity index is 2.21. The molecule has 0 atom stereocenters. The van der Waals surface area contributed by atoms with Crippen LogP contribution in [0.3, 0.4) is 0 Å². The maximum atomic E-state index is 13.4. The molecule has 17 heavy (non-hydrogen) atoms. The van der Waals surface area contributed by atoms with Crippen molar-refractivity contribution in [1.29, 1.82) is 0 Å². The Bertz CT molecular complexity index is 508. The standard InChI is InChI=1S/C13H15FN2O/c1-9-3-4-10(7-11(9)14)12-8-16-13(17-12)5-6-15-2/h3-4,7-8,15H,5-6H2,1-2H3. The lowest BCUT2D eigenvalue weighted by atomic mass is 10.1. The predicted molar refractivity (Wildman–Crippen MR) is 64.3 cm³/mol. The Labute approximate surface area is 99.7 Å². The van der Waals surface area contributed by atoms with Gasteiger partial charge in [-0.15, -0.1) is 0 Å². The highest BCUT2D eigenvalue weighted by molar-refractivity contribution is 5.56. The molecule has 0 spiro atoms. The van der Waals surface area contributed by atoms with Crippen LogP contribution in [0.15, 0.2) is 28.8 Å². The molecular weight excluding hydrogens is 219 g/mol. The van der Waals surface area contributed by atoms with E-state index in [2.05, 4.69) is 10.3 Å². The number of aromatic nitrogens is 1. The minimum Gasteiger partial charge on any atom is -0.441 e. The van der Waals surface area contributed by atoms with Crippen molar-refractivity contribution >= 4 is 0 Å². The number of nitrogens with one attached hydrogen (secondary N) is 1. The van der Waals surface area contributed by atoms with Crippen molar-refractivity contribution in [2.24, 2.45) is 0 Å². The van der Waals surface area contributed by atoms with Gasteiger partial charge >= 0.3 is 0 Å². The third-order valence-corrected chi connectivity index (χ3v) is 2.60. The molecular formula is C13H15FN2O. The van der Waals surface area contributed by atoms with Crippen molar-refractivity contribution in [1.82, 2.24) is 10.3 Å². The molecule has 0 saturated carbocycles. The quantitative estimate of drug-likeness (QED) is 0.883. The number of halogens is 1. The van der Waals surface area contributed by atoms with E-state index in [-0.39, 0.29) is 5.82 Å². The molecule has 0 unspecified atom stereocenters. The summed E-state index contributed by atoms with van der Waals surface area (Å²) in [5, 5.41) is 3.02. The van der Waals surface area contributed by atoms with Crippen molar-refractivity contribution in [2.45, 2.75) is 13.3 Å². The Hall–Kier alpha value is -1.68. The number of hydrogen-bond acceptors (Lipinski definition) is 3. The zero-order chi connectivity index (χ0) is 12.3. The zero-order valence-electron chi connectivity index (χ0n) is 9.96. The fourth-order valence-corrected chi connectivity index (χ4v) is 1.54. The third-order valence-electron chi connectivity index (χ3n) is 2.60. The fourth-order valence-electron chi connectivity index (χ4n) is 1.54. The topological polar surface area (TPSA) is 38.1 Å². The SMILES string of the molecule is CNCCc1ncc(-c2ccc(C)c(F)c2)o1. The van der Waals surface area contributed by atoms with Crippen LogP contribution in [0.4, 0.5) is 4.39 Å². The first kappa shape index (κ1) is 11.8. The van der Waals surface area contributed by atoms with Crippen LogP contribution in [0.25, 0.3) is 11.3 Å². The molecule has 1 heterocycles. The number of oxazole rings is 1. The molecule has 0 amide bonds. The average Bonchev–Trinajstić information content (AvgIpc) is 2.79. The summed E-state index contributed by atoms with van der Waals surface area (Å²) in [6.45, 7) is 2.54. The van der Waals surface area contributed by atoms with E-state index in [0.29, 0.717) is 17.2 Å². The molecule has 1 aromatic heterocycles. The highest BCUT2D eigenvalue weighted by Gasteiger charge is 2.07. The molecule has 0 saturated heterocycles. The van der Waals surface area contributed by atoms with E-state index in [9.17, 15) is 4.39 Å². The third kappa shape index (κ3) is 2.71. The summed E-state index contributed by atoms with van der Waals surface area (Å²) in [5.74, 6) is 1.04. The van der Waals surface area contributed by atoms with E-state index in [1.807, 2.05) is 13.1 Å². The van der Waals surface area contributed by atoms with Gasteiger partial charge in [0, 0.05) is 18.5 Å². The summed E-state index contributed by atoms with van der Waals surface area (Å²) in [5.41, 5.74) is 1.35. The molecule has 0 aliphatic carbocycles. The first-order valence-electron chi connectivity index (χ1n) is 5.56. The Morgan fingerprint density at radius 1 is 1.41 bits per heavy atom. The van der Waals surface area contributed by atoms with E-state index in [0.717, 1.165) is 18.5 Å². The summed E-state index contributed by atoms with van der Waals surface area (Å²) in [7, 11) is 1.87. The molecule has 0 aliphatic heterocycles. The fraction of sp³-hybridized carbons (Fsp3) is 0.308. The van der Waals surface area contributed by atoms with Gasteiger partial charge in [0.2, 0.25) is 0 Å². The number of rotatable bonds is 4. The van der Waals surface area contributed by atoms with Gasteiger partial charge in [0.05, 0.1) is 6.20 Å². The van der Waals surface area contributed by atoms with E-state index in [1.54, 1.807) is 19.2 Å². The lowest BCUT2D eigenvalue weighted by Crippen LogP contribution is -2.10. The molecule has 2 aromatic rings. The monoisotopic (exact) mass is 234 g/mol. The van der Waals surface area contributed by atoms with Gasteiger partial charge in [-0.2, -0.15) is 0 Å². The molecule has 0 radical (unpaired) electrons. The lowest BCUT2D eigenvalue weighted by molar-refractivity contribution is 0.500. The number of likely N-dealkylation sites (N-methyl/N-ethyl adjacent to an activating group) is 1. The lowest BCUT2D eigenvalue weighted by Gasteiger charge is -1.99. The Kier molecular flexibility index (Phi) is 3.54. The van der Waals surface area contributed by atoms with Gasteiger partial charge in [0.15, 0.2) is 11.7 Å². The summed E-state index contributed by atoms with van der Waals surface area (Å²) < 4.78 is 19.0. The minimum atomic E-state index is -0.226. The van der Waals surface area contributed by atoms with Crippen LogP contribution < -0.4 is 5.32 Å². The van der Waals surface area contributed by atoms with Crippen LogP contribution in [0.2, 0.25) is 0 Å². The Morgan fingerprint density at radius 3 is 2.94 bits per heavy atom. The number of aryl methyl sites for hydroxylation is 1. The number of nitrogens with zero attached hydrogens (tertiary/aromatic N) is 1. The van der Waals surface area contributed by atoms with Crippen LogP contribution in [0, 0.1) is 12.7 Å². The number of hydrogen-bond donors (Lipinski definition) is 1. The summed E-state index contributed by atoms with van der Waals surface area (Å²) >= 11 is 0. The van der Waals surface area contributed by atoms with Gasteiger partial charge in [-0.1, -0.05) is 12.1 Å². The smallest absolute Gasteiger partial charge is 0.196 e. The van der Waals surface area contributed by atoms with Gasteiger partial charge in [-0.25, -0.2) is 9.37 Å². The van der Waals surface area contributed by atoms with Crippen molar-refractivity contribution in [3.05, 3.63) is 41.7 Å². The Morgan fingerprint density at radius 2 is 2.24 bits per heavy atom. The normalized spacial score (nSPS) is 10.8. The van der Waals surface area contributed by atoms with E-state index < -0.39 is 0 Å². The highest BCUT2D eigenvalue weighted by Crippen LogP contribution is 2.22.